The van der Waals surface area contributed by atoms with Crippen LogP contribution in [0.25, 0.3) is 0 Å². The van der Waals surface area contributed by atoms with Crippen molar-refractivity contribution in [3.05, 3.63) is 34.4 Å². The molecule has 0 saturated carbocycles. The van der Waals surface area contributed by atoms with Crippen LogP contribution in [0, 0.1) is 10.1 Å². The van der Waals surface area contributed by atoms with Gasteiger partial charge in [0, 0.05) is 24.4 Å². The van der Waals surface area contributed by atoms with Crippen LogP contribution in [0.15, 0.2) is 29.3 Å². The van der Waals surface area contributed by atoms with E-state index < -0.39 is 41.0 Å². The number of hydrogen-bond acceptors (Lipinski definition) is 8. The topological polar surface area (TPSA) is 209 Å². The summed E-state index contributed by atoms with van der Waals surface area (Å²) in [6.07, 6.45) is -0.757. The summed E-state index contributed by atoms with van der Waals surface area (Å²) in [7, 11) is 0. The number of non-ortho nitro benzene ring substituents is 1. The molecule has 176 valence electrons. The lowest BCUT2D eigenvalue weighted by Crippen LogP contribution is -2.53. The number of amides is 3. The molecule has 1 aromatic rings. The molecule has 0 fully saturated rings. The van der Waals surface area contributed by atoms with Crippen LogP contribution in [-0.2, 0) is 14.3 Å². The summed E-state index contributed by atoms with van der Waals surface area (Å²) >= 11 is 0. The molecule has 13 nitrogen and oxygen atoms in total. The van der Waals surface area contributed by atoms with Crippen LogP contribution in [-0.4, -0.2) is 58.4 Å². The van der Waals surface area contributed by atoms with Crippen molar-refractivity contribution in [2.75, 3.05) is 18.4 Å². The van der Waals surface area contributed by atoms with Gasteiger partial charge in [-0.1, -0.05) is 0 Å². The summed E-state index contributed by atoms with van der Waals surface area (Å²) in [5, 5.41) is 13.4. The second-order valence-electron chi connectivity index (χ2n) is 7.71. The molecule has 0 bridgehead atoms. The van der Waals surface area contributed by atoms with Crippen molar-refractivity contribution in [1.82, 2.24) is 4.90 Å². The van der Waals surface area contributed by atoms with Gasteiger partial charge >= 0.3 is 6.09 Å². The molecule has 0 heterocycles. The number of carbonyl (C=O) groups excluding carboxylic acids is 3. The largest absolute Gasteiger partial charge is 0.443 e. The first-order valence-corrected chi connectivity index (χ1v) is 9.71. The summed E-state index contributed by atoms with van der Waals surface area (Å²) in [6.45, 7) is 4.46. The summed E-state index contributed by atoms with van der Waals surface area (Å²) in [6, 6.07) is 3.79. The predicted molar refractivity (Wildman–Crippen MR) is 118 cm³/mol. The number of nitrogens with zero attached hydrogens (tertiary/aromatic N) is 3. The van der Waals surface area contributed by atoms with Gasteiger partial charge in [0.15, 0.2) is 5.96 Å². The molecule has 1 rings (SSSR count). The average Bonchev–Trinajstić information content (AvgIpc) is 2.68. The number of guanidine groups is 1. The number of carbonyl (C=O) groups is 3. The molecule has 0 radical (unpaired) electrons. The summed E-state index contributed by atoms with van der Waals surface area (Å²) in [5.74, 6) is -1.67. The van der Waals surface area contributed by atoms with E-state index in [0.29, 0.717) is 4.90 Å². The number of benzene rings is 1. The maximum atomic E-state index is 13.0. The van der Waals surface area contributed by atoms with Crippen molar-refractivity contribution in [2.45, 2.75) is 45.3 Å². The first-order valence-electron chi connectivity index (χ1n) is 9.71. The molecule has 0 unspecified atom stereocenters. The molecule has 3 amide bonds. The highest BCUT2D eigenvalue weighted by Gasteiger charge is 2.36. The molecule has 1 aromatic carbocycles. The van der Waals surface area contributed by atoms with Gasteiger partial charge in [-0.15, -0.1) is 0 Å². The van der Waals surface area contributed by atoms with Crippen molar-refractivity contribution in [2.24, 2.45) is 22.2 Å². The average molecular weight is 451 g/mol. The molecule has 32 heavy (non-hydrogen) atoms. The van der Waals surface area contributed by atoms with E-state index >= 15 is 0 Å². The van der Waals surface area contributed by atoms with E-state index in [-0.39, 0.29) is 36.7 Å². The van der Waals surface area contributed by atoms with E-state index in [1.54, 1.807) is 20.8 Å². The Morgan fingerprint density at radius 3 is 2.28 bits per heavy atom. The van der Waals surface area contributed by atoms with Gasteiger partial charge in [-0.2, -0.15) is 0 Å². The fraction of sp³-hybridized carbons (Fsp3) is 0.474. The predicted octanol–water partition coefficient (Wildman–Crippen LogP) is 0.678. The smallest absolute Gasteiger partial charge is 0.417 e. The lowest BCUT2D eigenvalue weighted by Gasteiger charge is -2.31. The number of anilines is 1. The van der Waals surface area contributed by atoms with Gasteiger partial charge < -0.3 is 27.3 Å². The number of aliphatic imine (C=N–C) groups is 1. The van der Waals surface area contributed by atoms with Gasteiger partial charge in [0.05, 0.1) is 11.5 Å². The van der Waals surface area contributed by atoms with Crippen molar-refractivity contribution in [3.63, 3.8) is 0 Å². The van der Waals surface area contributed by atoms with Crippen LogP contribution in [0.5, 0.6) is 0 Å². The highest BCUT2D eigenvalue weighted by atomic mass is 16.6. The Bertz CT molecular complexity index is 860. The van der Waals surface area contributed by atoms with Crippen molar-refractivity contribution in [3.8, 4) is 0 Å². The van der Waals surface area contributed by atoms with Crippen LogP contribution < -0.4 is 22.5 Å². The molecule has 0 aliphatic carbocycles. The molecule has 0 spiro atoms. The zero-order valence-electron chi connectivity index (χ0n) is 18.2. The zero-order valence-corrected chi connectivity index (χ0v) is 18.2. The lowest BCUT2D eigenvalue weighted by atomic mass is 10.1. The molecule has 0 aromatic heterocycles. The molecule has 13 heteroatoms. The first kappa shape index (κ1) is 26.3. The third-order valence-electron chi connectivity index (χ3n) is 3.92. The molecular weight excluding hydrogens is 422 g/mol. The molecule has 0 aliphatic rings. The molecule has 0 saturated heterocycles. The van der Waals surface area contributed by atoms with E-state index in [4.69, 9.17) is 21.9 Å². The maximum absolute atomic E-state index is 13.0. The van der Waals surface area contributed by atoms with Gasteiger partial charge in [0.1, 0.15) is 11.6 Å². The Labute approximate surface area is 185 Å². The SMILES string of the molecule is CC(C)(C)OC(=O)N(C(=O)CN)[C@@H](CCCN=C(N)N)C(=O)Nc1ccc([N+](=O)[O-])cc1. The van der Waals surface area contributed by atoms with Crippen molar-refractivity contribution in [1.29, 1.82) is 0 Å². The van der Waals surface area contributed by atoms with E-state index in [1.807, 2.05) is 0 Å². The van der Waals surface area contributed by atoms with E-state index in [2.05, 4.69) is 10.3 Å². The summed E-state index contributed by atoms with van der Waals surface area (Å²) in [5.41, 5.74) is 15.2. The second-order valence-corrected chi connectivity index (χ2v) is 7.71. The quantitative estimate of drug-likeness (QED) is 0.136. The number of nitrogens with one attached hydrogen (secondary N) is 1. The molecular formula is C19H29N7O6. The minimum absolute atomic E-state index is 0.0145. The minimum atomic E-state index is -1.29. The van der Waals surface area contributed by atoms with E-state index in [9.17, 15) is 24.5 Å². The Morgan fingerprint density at radius 2 is 1.81 bits per heavy atom. The number of nitro groups is 1. The van der Waals surface area contributed by atoms with Crippen molar-refractivity contribution >= 4 is 35.2 Å². The van der Waals surface area contributed by atoms with Gasteiger partial charge in [0.25, 0.3) is 5.69 Å². The normalized spacial score (nSPS) is 11.8. The number of rotatable bonds is 9. The Balaban J connectivity index is 3.19. The second kappa shape index (κ2) is 11.6. The van der Waals surface area contributed by atoms with Crippen LogP contribution in [0.3, 0.4) is 0 Å². The van der Waals surface area contributed by atoms with Gasteiger partial charge in [0.2, 0.25) is 11.8 Å². The Hall–Kier alpha value is -3.74. The van der Waals surface area contributed by atoms with Gasteiger partial charge in [-0.3, -0.25) is 24.7 Å². The Kier molecular flexibility index (Phi) is 9.53. The minimum Gasteiger partial charge on any atom is -0.443 e. The van der Waals surface area contributed by atoms with Crippen LogP contribution in [0.2, 0.25) is 0 Å². The van der Waals surface area contributed by atoms with Crippen LogP contribution in [0.1, 0.15) is 33.6 Å². The van der Waals surface area contributed by atoms with E-state index in [0.717, 1.165) is 0 Å². The third kappa shape index (κ3) is 8.55. The third-order valence-corrected chi connectivity index (χ3v) is 3.92. The first-order chi connectivity index (χ1) is 14.9. The van der Waals surface area contributed by atoms with E-state index in [1.165, 1.54) is 24.3 Å². The summed E-state index contributed by atoms with van der Waals surface area (Å²) in [4.78, 5) is 52.9. The summed E-state index contributed by atoms with van der Waals surface area (Å²) < 4.78 is 5.28. The van der Waals surface area contributed by atoms with Gasteiger partial charge in [-0.05, 0) is 45.7 Å². The highest BCUT2D eigenvalue weighted by Crippen LogP contribution is 2.19. The maximum Gasteiger partial charge on any atom is 0.417 e. The fourth-order valence-corrected chi connectivity index (χ4v) is 2.57. The number of hydrogen-bond donors (Lipinski definition) is 4. The highest BCUT2D eigenvalue weighted by molar-refractivity contribution is 6.03. The lowest BCUT2D eigenvalue weighted by molar-refractivity contribution is -0.384. The monoisotopic (exact) mass is 451 g/mol. The molecule has 0 aliphatic heterocycles. The number of ether oxygens (including phenoxy) is 1. The fourth-order valence-electron chi connectivity index (χ4n) is 2.57. The number of imide groups is 1. The zero-order chi connectivity index (χ0) is 24.5. The van der Waals surface area contributed by atoms with Gasteiger partial charge in [-0.25, -0.2) is 9.69 Å². The van der Waals surface area contributed by atoms with Crippen LogP contribution >= 0.6 is 0 Å². The standard InChI is InChI=1S/C19H29N7O6/c1-19(2,3)32-18(29)25(15(27)11-20)14(5-4-10-23-17(21)22)16(28)24-12-6-8-13(9-7-12)26(30)31/h6-9,14H,4-5,10-11,20H2,1-3H3,(H,24,28)(H4,21,22,23)/t14-/m0/s1. The number of nitro benzene ring substituents is 1. The molecule has 1 atom stereocenters. The van der Waals surface area contributed by atoms with Crippen molar-refractivity contribution < 1.29 is 24.0 Å². The Morgan fingerprint density at radius 1 is 1.22 bits per heavy atom. The number of nitrogens with two attached hydrogens (primary N) is 3. The molecule has 7 N–H and O–H groups in total. The van der Waals surface area contributed by atoms with Crippen LogP contribution in [0.4, 0.5) is 16.2 Å².